The Morgan fingerprint density at radius 2 is 1.84 bits per heavy atom. The number of rotatable bonds is 4. The van der Waals surface area contributed by atoms with Gasteiger partial charge in [0.05, 0.1) is 16.0 Å². The predicted octanol–water partition coefficient (Wildman–Crippen LogP) is 3.55. The molecule has 0 fully saturated rings. The topological polar surface area (TPSA) is 84.3 Å². The zero-order valence-corrected chi connectivity index (χ0v) is 16.0. The Labute approximate surface area is 150 Å². The summed E-state index contributed by atoms with van der Waals surface area (Å²) >= 11 is 1.63. The van der Waals surface area contributed by atoms with Crippen LogP contribution in [0.1, 0.15) is 22.9 Å². The molecule has 3 aromatic rings. The molecule has 0 saturated carbocycles. The van der Waals surface area contributed by atoms with E-state index in [0.29, 0.717) is 10.7 Å². The molecule has 0 aliphatic carbocycles. The largest absolute Gasteiger partial charge is 0.260 e. The fraction of sp³-hybridized carbons (Fsp3) is 0.235. The number of nitrogens with zero attached hydrogens (tertiary/aromatic N) is 3. The van der Waals surface area contributed by atoms with Crippen molar-refractivity contribution in [1.29, 1.82) is 0 Å². The molecule has 0 amide bonds. The molecular weight excluding hydrogens is 356 g/mol. The third-order valence-electron chi connectivity index (χ3n) is 4.00. The van der Waals surface area contributed by atoms with E-state index in [1.165, 1.54) is 17.5 Å². The van der Waals surface area contributed by atoms with Crippen molar-refractivity contribution in [2.75, 3.05) is 11.7 Å². The average molecular weight is 374 g/mol. The molecule has 0 bridgehead atoms. The molecule has 1 N–H and O–H groups in total. The monoisotopic (exact) mass is 374 g/mol. The molecular formula is C17H18N4O2S2. The molecule has 0 atom stereocenters. The van der Waals surface area contributed by atoms with E-state index in [9.17, 15) is 8.42 Å². The number of thiophene rings is 1. The summed E-state index contributed by atoms with van der Waals surface area (Å²) in [4.78, 5) is 11.0. The molecule has 0 unspecified atom stereocenters. The molecule has 2 heterocycles. The summed E-state index contributed by atoms with van der Waals surface area (Å²) < 4.78 is 23.1. The summed E-state index contributed by atoms with van der Waals surface area (Å²) in [6.45, 7) is 5.96. The number of hydrogen-bond acceptors (Lipinski definition) is 7. The lowest BCUT2D eigenvalue weighted by atomic mass is 10.1. The maximum atomic E-state index is 11.5. The van der Waals surface area contributed by atoms with Gasteiger partial charge in [0, 0.05) is 11.1 Å². The van der Waals surface area contributed by atoms with E-state index < -0.39 is 9.84 Å². The minimum absolute atomic E-state index is 0.291. The second kappa shape index (κ2) is 6.53. The Bertz CT molecular complexity index is 1070. The molecule has 0 aliphatic rings. The van der Waals surface area contributed by atoms with Gasteiger partial charge in [-0.25, -0.2) is 18.4 Å². The molecule has 3 rings (SSSR count). The van der Waals surface area contributed by atoms with Crippen molar-refractivity contribution in [3.8, 4) is 0 Å². The first-order chi connectivity index (χ1) is 11.8. The SMILES string of the molecule is C/C(=N/Nc1ncnc2sc(C)c(C)c12)c1ccc(S(C)(=O)=O)cc1. The third kappa shape index (κ3) is 3.54. The van der Waals surface area contributed by atoms with E-state index in [1.807, 2.05) is 13.8 Å². The van der Waals surface area contributed by atoms with E-state index in [2.05, 4.69) is 27.4 Å². The molecule has 0 saturated heterocycles. The van der Waals surface area contributed by atoms with Crippen LogP contribution in [0, 0.1) is 13.8 Å². The number of nitrogens with one attached hydrogen (secondary N) is 1. The fourth-order valence-electron chi connectivity index (χ4n) is 2.41. The van der Waals surface area contributed by atoms with E-state index in [4.69, 9.17) is 0 Å². The summed E-state index contributed by atoms with van der Waals surface area (Å²) in [6.07, 6.45) is 2.71. The molecule has 0 radical (unpaired) electrons. The highest BCUT2D eigenvalue weighted by Gasteiger charge is 2.12. The molecule has 2 aromatic heterocycles. The van der Waals surface area contributed by atoms with Crippen LogP contribution in [0.4, 0.5) is 5.82 Å². The maximum absolute atomic E-state index is 11.5. The number of anilines is 1. The van der Waals surface area contributed by atoms with Crippen molar-refractivity contribution in [1.82, 2.24) is 9.97 Å². The van der Waals surface area contributed by atoms with E-state index >= 15 is 0 Å². The van der Waals surface area contributed by atoms with Crippen LogP contribution >= 0.6 is 11.3 Å². The van der Waals surface area contributed by atoms with Gasteiger partial charge in [-0.15, -0.1) is 11.3 Å². The van der Waals surface area contributed by atoms with Crippen LogP contribution in [-0.4, -0.2) is 30.4 Å². The lowest BCUT2D eigenvalue weighted by molar-refractivity contribution is 0.602. The fourth-order valence-corrected chi connectivity index (χ4v) is 4.04. The minimum Gasteiger partial charge on any atom is -0.260 e. The van der Waals surface area contributed by atoms with Gasteiger partial charge in [0.15, 0.2) is 15.7 Å². The van der Waals surface area contributed by atoms with Gasteiger partial charge >= 0.3 is 0 Å². The highest BCUT2D eigenvalue weighted by atomic mass is 32.2. The van der Waals surface area contributed by atoms with E-state index in [0.717, 1.165) is 27.1 Å². The Hall–Kier alpha value is -2.32. The summed E-state index contributed by atoms with van der Waals surface area (Å²) in [5, 5.41) is 5.37. The van der Waals surface area contributed by atoms with Crippen molar-refractivity contribution in [3.63, 3.8) is 0 Å². The first-order valence-electron chi connectivity index (χ1n) is 7.59. The van der Waals surface area contributed by atoms with Crippen LogP contribution in [-0.2, 0) is 9.84 Å². The smallest absolute Gasteiger partial charge is 0.175 e. The molecule has 0 spiro atoms. The highest BCUT2D eigenvalue weighted by molar-refractivity contribution is 7.90. The lowest BCUT2D eigenvalue weighted by Gasteiger charge is -2.05. The lowest BCUT2D eigenvalue weighted by Crippen LogP contribution is -2.03. The summed E-state index contributed by atoms with van der Waals surface area (Å²) in [6, 6.07) is 6.65. The van der Waals surface area contributed by atoms with Gasteiger partial charge in [-0.2, -0.15) is 5.10 Å². The Morgan fingerprint density at radius 3 is 2.48 bits per heavy atom. The number of aromatic nitrogens is 2. The van der Waals surface area contributed by atoms with Gasteiger partial charge in [0.1, 0.15) is 11.2 Å². The van der Waals surface area contributed by atoms with Crippen LogP contribution < -0.4 is 5.43 Å². The second-order valence-electron chi connectivity index (χ2n) is 5.79. The van der Waals surface area contributed by atoms with Crippen LogP contribution in [0.2, 0.25) is 0 Å². The number of aryl methyl sites for hydroxylation is 2. The first kappa shape index (κ1) is 17.5. The van der Waals surface area contributed by atoms with Gasteiger partial charge in [0.2, 0.25) is 0 Å². The van der Waals surface area contributed by atoms with Gasteiger partial charge in [-0.3, -0.25) is 5.43 Å². The first-order valence-corrected chi connectivity index (χ1v) is 10.3. The molecule has 8 heteroatoms. The van der Waals surface area contributed by atoms with Crippen LogP contribution in [0.5, 0.6) is 0 Å². The Kier molecular flexibility index (Phi) is 4.57. The summed E-state index contributed by atoms with van der Waals surface area (Å²) in [7, 11) is -3.20. The third-order valence-corrected chi connectivity index (χ3v) is 6.24. The number of hydrogen-bond donors (Lipinski definition) is 1. The van der Waals surface area contributed by atoms with Gasteiger partial charge in [-0.05, 0) is 44.0 Å². The molecule has 1 aromatic carbocycles. The molecule has 25 heavy (non-hydrogen) atoms. The quantitative estimate of drug-likeness (QED) is 0.558. The normalized spacial score (nSPS) is 12.6. The van der Waals surface area contributed by atoms with Gasteiger partial charge in [-0.1, -0.05) is 12.1 Å². The van der Waals surface area contributed by atoms with Crippen LogP contribution in [0.15, 0.2) is 40.6 Å². The van der Waals surface area contributed by atoms with Crippen molar-refractivity contribution in [2.24, 2.45) is 5.10 Å². The van der Waals surface area contributed by atoms with E-state index in [1.54, 1.807) is 35.6 Å². The van der Waals surface area contributed by atoms with E-state index in [-0.39, 0.29) is 0 Å². The maximum Gasteiger partial charge on any atom is 0.175 e. The Balaban J connectivity index is 1.89. The predicted molar refractivity (Wildman–Crippen MR) is 102 cm³/mol. The zero-order valence-electron chi connectivity index (χ0n) is 14.4. The molecule has 6 nitrogen and oxygen atoms in total. The number of hydrazone groups is 1. The number of fused-ring (bicyclic) bond motifs is 1. The van der Waals surface area contributed by atoms with Crippen LogP contribution in [0.25, 0.3) is 10.2 Å². The van der Waals surface area contributed by atoms with Crippen molar-refractivity contribution < 1.29 is 8.42 Å². The zero-order chi connectivity index (χ0) is 18.2. The van der Waals surface area contributed by atoms with Gasteiger partial charge < -0.3 is 0 Å². The standard InChI is InChI=1S/C17H18N4O2S2/c1-10-12(3)24-17-15(10)16(18-9-19-17)21-20-11(2)13-5-7-14(8-6-13)25(4,22)23/h5-9H,1-4H3,(H,18,19,21)/b20-11-. The highest BCUT2D eigenvalue weighted by Crippen LogP contribution is 2.32. The van der Waals surface area contributed by atoms with Crippen molar-refractivity contribution in [2.45, 2.75) is 25.7 Å². The molecule has 130 valence electrons. The molecule has 0 aliphatic heterocycles. The summed E-state index contributed by atoms with van der Waals surface area (Å²) in [5.41, 5.74) is 5.73. The minimum atomic E-state index is -3.20. The van der Waals surface area contributed by atoms with Crippen LogP contribution in [0.3, 0.4) is 0 Å². The second-order valence-corrected chi connectivity index (χ2v) is 9.01. The average Bonchev–Trinajstić information content (AvgIpc) is 2.87. The van der Waals surface area contributed by atoms with Crippen molar-refractivity contribution in [3.05, 3.63) is 46.6 Å². The Morgan fingerprint density at radius 1 is 1.16 bits per heavy atom. The number of benzene rings is 1. The summed E-state index contributed by atoms with van der Waals surface area (Å²) in [5.74, 6) is 0.666. The number of sulfone groups is 1. The van der Waals surface area contributed by atoms with Crippen molar-refractivity contribution >= 4 is 42.9 Å². The van der Waals surface area contributed by atoms with Gasteiger partial charge in [0.25, 0.3) is 0 Å².